The monoisotopic (exact) mass is 382 g/mol. The number of hydrogen-bond acceptors (Lipinski definition) is 8. The molecule has 1 fully saturated rings. The van der Waals surface area contributed by atoms with Gasteiger partial charge in [-0.15, -0.1) is 0 Å². The number of imidazole rings is 1. The molecule has 4 atom stereocenters. The third-order valence-electron chi connectivity index (χ3n) is 3.33. The summed E-state index contributed by atoms with van der Waals surface area (Å²) in [6.45, 7) is -4.27. The molecule has 3 heterocycles. The maximum absolute atomic E-state index is 10.2. The lowest BCUT2D eigenvalue weighted by Gasteiger charge is -2.16. The van der Waals surface area contributed by atoms with Crippen molar-refractivity contribution >= 4 is 41.3 Å². The van der Waals surface area contributed by atoms with Gasteiger partial charge in [-0.25, -0.2) is 15.0 Å². The van der Waals surface area contributed by atoms with Gasteiger partial charge in [-0.05, 0) is 11.8 Å². The van der Waals surface area contributed by atoms with Crippen LogP contribution in [0, 0.1) is 0 Å². The second kappa shape index (κ2) is 6.28. The summed E-state index contributed by atoms with van der Waals surface area (Å²) in [5, 5.41) is 20.3. The maximum Gasteiger partial charge on any atom is 0.321 e. The van der Waals surface area contributed by atoms with E-state index in [0.29, 0.717) is 11.2 Å². The molecule has 0 spiro atoms. The zero-order valence-electron chi connectivity index (χ0n) is 11.3. The molecule has 126 valence electrons. The summed E-state index contributed by atoms with van der Waals surface area (Å²) < 4.78 is 11.6. The second-order valence-corrected chi connectivity index (χ2v) is 7.85. The Morgan fingerprint density at radius 3 is 2.74 bits per heavy atom. The van der Waals surface area contributed by atoms with Crippen LogP contribution in [-0.4, -0.2) is 64.4 Å². The van der Waals surface area contributed by atoms with E-state index in [-0.39, 0.29) is 11.8 Å². The number of ether oxygens (including phenoxy) is 1. The molecule has 13 heteroatoms. The van der Waals surface area contributed by atoms with Gasteiger partial charge in [0.1, 0.15) is 30.2 Å². The largest absolute Gasteiger partial charge is 0.387 e. The molecule has 4 N–H and O–H groups in total. The lowest BCUT2D eigenvalue weighted by Crippen LogP contribution is -2.33. The third-order valence-corrected chi connectivity index (χ3v) is 4.41. The quantitative estimate of drug-likeness (QED) is 0.397. The fourth-order valence-corrected chi connectivity index (χ4v) is 2.98. The summed E-state index contributed by atoms with van der Waals surface area (Å²) in [4.78, 5) is 30.0. The van der Waals surface area contributed by atoms with Crippen molar-refractivity contribution in [3.63, 3.8) is 0 Å². The van der Waals surface area contributed by atoms with Crippen LogP contribution in [0.4, 0.5) is 0 Å². The Kier molecular flexibility index (Phi) is 4.67. The number of hydrogen-bond donors (Lipinski definition) is 4. The lowest BCUT2D eigenvalue weighted by molar-refractivity contribution is -0.0487. The zero-order chi connectivity index (χ0) is 16.8. The fourth-order valence-electron chi connectivity index (χ4n) is 2.28. The minimum Gasteiger partial charge on any atom is -0.387 e. The summed E-state index contributed by atoms with van der Waals surface area (Å²) >= 11 is 10.2. The number of rotatable bonds is 4. The van der Waals surface area contributed by atoms with E-state index in [0.717, 1.165) is 0 Å². The Bertz CT molecular complexity index is 771. The van der Waals surface area contributed by atoms with E-state index >= 15 is 0 Å². The molecule has 0 aromatic carbocycles. The summed E-state index contributed by atoms with van der Waals surface area (Å²) in [5.41, 5.74) is 0.637. The first-order valence-corrected chi connectivity index (χ1v) is 9.33. The van der Waals surface area contributed by atoms with Gasteiger partial charge in [0.15, 0.2) is 17.0 Å². The first kappa shape index (κ1) is 17.1. The van der Waals surface area contributed by atoms with Gasteiger partial charge in [0, 0.05) is 0 Å². The number of aliphatic hydroxyl groups excluding tert-OH is 2. The summed E-state index contributed by atoms with van der Waals surface area (Å²) in [6.07, 6.45) is -2.08. The van der Waals surface area contributed by atoms with E-state index in [2.05, 4.69) is 31.3 Å². The van der Waals surface area contributed by atoms with Crippen LogP contribution >= 0.6 is 18.3 Å². The van der Waals surface area contributed by atoms with Crippen LogP contribution in [0.15, 0.2) is 12.7 Å². The molecule has 1 aliphatic rings. The normalized spacial score (nSPS) is 28.6. The highest BCUT2D eigenvalue weighted by molar-refractivity contribution is 8.06. The first-order valence-electron chi connectivity index (χ1n) is 6.32. The van der Waals surface area contributed by atoms with Crippen LogP contribution in [0.1, 0.15) is 6.23 Å². The minimum atomic E-state index is -3.89. The number of aliphatic hydroxyl groups is 2. The molecule has 10 nitrogen and oxygen atoms in total. The van der Waals surface area contributed by atoms with E-state index in [1.807, 2.05) is 0 Å². The Balaban J connectivity index is 1.85. The summed E-state index contributed by atoms with van der Waals surface area (Å²) in [5.74, 6) is 0. The molecule has 0 bridgehead atoms. The van der Waals surface area contributed by atoms with Crippen LogP contribution in [0.25, 0.3) is 11.2 Å². The van der Waals surface area contributed by atoms with E-state index in [1.165, 1.54) is 17.2 Å². The number of aromatic nitrogens is 4. The topological polar surface area (TPSA) is 143 Å². The number of nitrogens with zero attached hydrogens (tertiary/aromatic N) is 4. The molecule has 23 heavy (non-hydrogen) atoms. The molecule has 2 aromatic heterocycles. The molecular formula is C10H12ClN4O6PS. The third kappa shape index (κ3) is 3.38. The highest BCUT2D eigenvalue weighted by atomic mass is 35.5. The molecule has 2 aromatic rings. The van der Waals surface area contributed by atoms with Gasteiger partial charge in [0.25, 0.3) is 0 Å². The Morgan fingerprint density at radius 2 is 2.04 bits per heavy atom. The van der Waals surface area contributed by atoms with Crippen molar-refractivity contribution in [3.05, 3.63) is 17.8 Å². The van der Waals surface area contributed by atoms with Gasteiger partial charge in [0.05, 0.1) is 12.9 Å². The summed E-state index contributed by atoms with van der Waals surface area (Å²) in [6, 6.07) is 0. The van der Waals surface area contributed by atoms with E-state index in [9.17, 15) is 10.2 Å². The molecule has 0 saturated carbocycles. The Hall–Kier alpha value is -0.750. The van der Waals surface area contributed by atoms with Gasteiger partial charge in [-0.3, -0.25) is 4.57 Å². The fraction of sp³-hybridized carbons (Fsp3) is 0.500. The molecule has 0 radical (unpaired) electrons. The van der Waals surface area contributed by atoms with Crippen molar-refractivity contribution in [2.75, 3.05) is 6.61 Å². The number of fused-ring (bicyclic) bond motifs is 1. The van der Waals surface area contributed by atoms with Gasteiger partial charge >= 0.3 is 6.72 Å². The second-order valence-electron chi connectivity index (χ2n) is 4.82. The van der Waals surface area contributed by atoms with E-state index in [1.54, 1.807) is 0 Å². The molecule has 3 rings (SSSR count). The van der Waals surface area contributed by atoms with Crippen LogP contribution in [0.2, 0.25) is 5.15 Å². The minimum absolute atomic E-state index is 0.142. The molecule has 1 aliphatic heterocycles. The molecule has 0 aliphatic carbocycles. The lowest BCUT2D eigenvalue weighted by atomic mass is 10.1. The zero-order valence-corrected chi connectivity index (χ0v) is 13.8. The predicted octanol–water partition coefficient (Wildman–Crippen LogP) is -0.675. The number of halogens is 1. The molecule has 0 amide bonds. The van der Waals surface area contributed by atoms with Gasteiger partial charge < -0.3 is 29.3 Å². The smallest absolute Gasteiger partial charge is 0.321 e. The first-order chi connectivity index (χ1) is 10.8. The van der Waals surface area contributed by atoms with Gasteiger partial charge in [-0.1, -0.05) is 11.6 Å². The van der Waals surface area contributed by atoms with Crippen molar-refractivity contribution < 1.29 is 29.3 Å². The van der Waals surface area contributed by atoms with Crippen molar-refractivity contribution in [2.45, 2.75) is 24.5 Å². The highest BCUT2D eigenvalue weighted by Gasteiger charge is 2.44. The van der Waals surface area contributed by atoms with Crippen molar-refractivity contribution in [1.82, 2.24) is 19.5 Å². The average molecular weight is 383 g/mol. The van der Waals surface area contributed by atoms with Crippen molar-refractivity contribution in [2.24, 2.45) is 0 Å². The van der Waals surface area contributed by atoms with E-state index in [4.69, 9.17) is 26.1 Å². The molecular weight excluding hydrogens is 371 g/mol. The van der Waals surface area contributed by atoms with Gasteiger partial charge in [0.2, 0.25) is 0 Å². The Labute approximate surface area is 139 Å². The highest BCUT2D eigenvalue weighted by Crippen LogP contribution is 2.39. The predicted molar refractivity (Wildman–Crippen MR) is 80.9 cm³/mol. The van der Waals surface area contributed by atoms with Crippen molar-refractivity contribution in [1.29, 1.82) is 0 Å². The van der Waals surface area contributed by atoms with Crippen LogP contribution in [-0.2, 0) is 21.1 Å². The molecule has 1 saturated heterocycles. The maximum atomic E-state index is 10.2. The SMILES string of the molecule is OC1C(O)[C@@H](COP(O)(O)=S)O[C@H]1n1cnc2c(Cl)ncnc21. The van der Waals surface area contributed by atoms with Gasteiger partial charge in [-0.2, -0.15) is 0 Å². The van der Waals surface area contributed by atoms with Crippen molar-refractivity contribution in [3.8, 4) is 0 Å². The summed E-state index contributed by atoms with van der Waals surface area (Å²) in [7, 11) is 0. The van der Waals surface area contributed by atoms with E-state index < -0.39 is 31.3 Å². The Morgan fingerprint density at radius 1 is 1.30 bits per heavy atom. The van der Waals surface area contributed by atoms with Crippen LogP contribution < -0.4 is 0 Å². The average Bonchev–Trinajstić information content (AvgIpc) is 3.01. The van der Waals surface area contributed by atoms with Crippen LogP contribution in [0.3, 0.4) is 0 Å². The standard InChI is InChI=1S/C10H12ClN4O6PS/c11-8-5-9(13-2-12-8)15(3-14-5)10-7(17)6(16)4(21-10)1-20-22(18,19)23/h2-4,6-7,10,16-17H,1H2,(H2,18,19,23)/t4-,6?,7?,10-/m1/s1. The van der Waals surface area contributed by atoms with Crippen LogP contribution in [0.5, 0.6) is 0 Å². The molecule has 2 unspecified atom stereocenters.